The number of carbonyl (C=O) groups excluding carboxylic acids is 2. The van der Waals surface area contributed by atoms with Crippen LogP contribution < -0.4 is 0 Å². The summed E-state index contributed by atoms with van der Waals surface area (Å²) >= 11 is 4.62. The second-order valence-electron chi connectivity index (χ2n) is 4.70. The third kappa shape index (κ3) is 3.32. The predicted octanol–water partition coefficient (Wildman–Crippen LogP) is 3.22. The van der Waals surface area contributed by atoms with Crippen LogP contribution in [0.4, 0.5) is 0 Å². The van der Waals surface area contributed by atoms with E-state index >= 15 is 0 Å². The number of nitrogens with zero attached hydrogens (tertiary/aromatic N) is 4. The maximum atomic E-state index is 12.2. The van der Waals surface area contributed by atoms with E-state index in [1.807, 2.05) is 12.1 Å². The molecule has 0 amide bonds. The van der Waals surface area contributed by atoms with Crippen LogP contribution in [0.25, 0.3) is 11.2 Å². The first-order chi connectivity index (χ1) is 11.1. The quantitative estimate of drug-likeness (QED) is 0.386. The molecule has 2 aromatic heterocycles. The SMILES string of the molecule is CC(=O)n1cnc2c(SCC(=O)c3ccc(Br)cc3)ncnc21. The molecule has 2 heterocycles. The number of aromatic nitrogens is 4. The van der Waals surface area contributed by atoms with E-state index in [0.29, 0.717) is 21.8 Å². The van der Waals surface area contributed by atoms with Crippen molar-refractivity contribution >= 4 is 50.5 Å². The third-order valence-electron chi connectivity index (χ3n) is 3.15. The number of benzene rings is 1. The highest BCUT2D eigenvalue weighted by Crippen LogP contribution is 2.24. The Hall–Kier alpha value is -2.06. The minimum Gasteiger partial charge on any atom is -0.293 e. The van der Waals surface area contributed by atoms with Crippen LogP contribution in [0.5, 0.6) is 0 Å². The molecule has 0 aliphatic heterocycles. The summed E-state index contributed by atoms with van der Waals surface area (Å²) in [5.74, 6) is 0.0640. The summed E-state index contributed by atoms with van der Waals surface area (Å²) in [7, 11) is 0. The summed E-state index contributed by atoms with van der Waals surface area (Å²) < 4.78 is 2.28. The summed E-state index contributed by atoms with van der Waals surface area (Å²) in [6.45, 7) is 1.44. The van der Waals surface area contributed by atoms with Gasteiger partial charge in [-0.25, -0.2) is 15.0 Å². The first kappa shape index (κ1) is 15.8. The molecule has 0 fully saturated rings. The molecule has 0 saturated carbocycles. The lowest BCUT2D eigenvalue weighted by Gasteiger charge is -2.02. The average Bonchev–Trinajstić information content (AvgIpc) is 2.98. The van der Waals surface area contributed by atoms with Crippen molar-refractivity contribution in [3.8, 4) is 0 Å². The van der Waals surface area contributed by atoms with Gasteiger partial charge in [0, 0.05) is 17.0 Å². The summed E-state index contributed by atoms with van der Waals surface area (Å²) in [5, 5.41) is 0.584. The Bertz CT molecular complexity index is 892. The van der Waals surface area contributed by atoms with E-state index < -0.39 is 0 Å². The van der Waals surface area contributed by atoms with E-state index in [4.69, 9.17) is 0 Å². The fourth-order valence-electron chi connectivity index (χ4n) is 2.00. The Morgan fingerprint density at radius 1 is 1.17 bits per heavy atom. The largest absolute Gasteiger partial charge is 0.293 e. The van der Waals surface area contributed by atoms with E-state index in [-0.39, 0.29) is 17.4 Å². The maximum Gasteiger partial charge on any atom is 0.230 e. The molecule has 3 aromatic rings. The van der Waals surface area contributed by atoms with E-state index in [9.17, 15) is 9.59 Å². The fraction of sp³-hybridized carbons (Fsp3) is 0.133. The van der Waals surface area contributed by atoms with Gasteiger partial charge in [-0.3, -0.25) is 14.2 Å². The second-order valence-corrected chi connectivity index (χ2v) is 6.58. The van der Waals surface area contributed by atoms with Gasteiger partial charge in [-0.05, 0) is 12.1 Å². The lowest BCUT2D eigenvalue weighted by Crippen LogP contribution is -2.05. The van der Waals surface area contributed by atoms with Gasteiger partial charge < -0.3 is 0 Å². The first-order valence-corrected chi connectivity index (χ1v) is 8.44. The minimum atomic E-state index is -0.173. The van der Waals surface area contributed by atoms with Gasteiger partial charge in [0.25, 0.3) is 0 Å². The van der Waals surface area contributed by atoms with Crippen molar-refractivity contribution in [1.82, 2.24) is 19.5 Å². The molecule has 8 heteroatoms. The molecule has 1 aromatic carbocycles. The zero-order chi connectivity index (χ0) is 16.4. The van der Waals surface area contributed by atoms with Crippen molar-refractivity contribution in [2.24, 2.45) is 0 Å². The number of imidazole rings is 1. The third-order valence-corrected chi connectivity index (χ3v) is 4.65. The smallest absolute Gasteiger partial charge is 0.230 e. The second kappa shape index (κ2) is 6.59. The molecule has 3 rings (SSSR count). The molecule has 0 unspecified atom stereocenters. The first-order valence-electron chi connectivity index (χ1n) is 6.67. The number of ketones is 1. The van der Waals surface area contributed by atoms with Gasteiger partial charge >= 0.3 is 0 Å². The number of Topliss-reactive ketones (excluding diaryl/α,β-unsaturated/α-hetero) is 1. The Labute approximate surface area is 144 Å². The molecule has 0 N–H and O–H groups in total. The fourth-order valence-corrected chi connectivity index (χ4v) is 3.10. The molecule has 116 valence electrons. The zero-order valence-electron chi connectivity index (χ0n) is 12.1. The highest BCUT2D eigenvalue weighted by atomic mass is 79.9. The highest BCUT2D eigenvalue weighted by molar-refractivity contribution is 9.10. The highest BCUT2D eigenvalue weighted by Gasteiger charge is 2.14. The average molecular weight is 391 g/mol. The molecule has 0 aliphatic carbocycles. The van der Waals surface area contributed by atoms with Crippen LogP contribution in [0.2, 0.25) is 0 Å². The van der Waals surface area contributed by atoms with Crippen LogP contribution in [-0.4, -0.2) is 37.0 Å². The molecule has 6 nitrogen and oxygen atoms in total. The van der Waals surface area contributed by atoms with Crippen molar-refractivity contribution in [3.05, 3.63) is 47.0 Å². The van der Waals surface area contributed by atoms with Gasteiger partial charge in [-0.15, -0.1) is 0 Å². The Balaban J connectivity index is 1.81. The summed E-state index contributed by atoms with van der Waals surface area (Å²) in [5.41, 5.74) is 1.61. The molecule has 0 spiro atoms. The van der Waals surface area contributed by atoms with Gasteiger partial charge in [0.15, 0.2) is 11.4 Å². The molecule has 0 atom stereocenters. The van der Waals surface area contributed by atoms with Crippen LogP contribution in [0.15, 0.2) is 46.4 Å². The Morgan fingerprint density at radius 2 is 1.91 bits per heavy atom. The molecule has 0 bridgehead atoms. The monoisotopic (exact) mass is 390 g/mol. The number of hydrogen-bond acceptors (Lipinski definition) is 6. The molecular formula is C15H11BrN4O2S. The number of rotatable bonds is 4. The number of halogens is 1. The predicted molar refractivity (Wildman–Crippen MR) is 90.8 cm³/mol. The molecule has 23 heavy (non-hydrogen) atoms. The van der Waals surface area contributed by atoms with Crippen LogP contribution >= 0.6 is 27.7 Å². The van der Waals surface area contributed by atoms with Gasteiger partial charge in [-0.1, -0.05) is 39.8 Å². The molecule has 0 radical (unpaired) electrons. The number of hydrogen-bond donors (Lipinski definition) is 0. The molecule has 0 aliphatic rings. The van der Waals surface area contributed by atoms with Crippen molar-refractivity contribution in [1.29, 1.82) is 0 Å². The number of fused-ring (bicyclic) bond motifs is 1. The lowest BCUT2D eigenvalue weighted by molar-refractivity contribution is 0.0939. The van der Waals surface area contributed by atoms with Gasteiger partial charge in [0.1, 0.15) is 23.2 Å². The van der Waals surface area contributed by atoms with Crippen LogP contribution in [0, 0.1) is 0 Å². The number of thioether (sulfide) groups is 1. The van der Waals surface area contributed by atoms with Gasteiger partial charge in [-0.2, -0.15) is 0 Å². The van der Waals surface area contributed by atoms with Crippen molar-refractivity contribution in [3.63, 3.8) is 0 Å². The van der Waals surface area contributed by atoms with Crippen molar-refractivity contribution in [2.75, 3.05) is 5.75 Å². The standard InChI is InChI=1S/C15H11BrN4O2S/c1-9(21)20-8-19-13-14(20)17-7-18-15(13)23-6-12(22)10-2-4-11(16)5-3-10/h2-5,7-8H,6H2,1H3. The van der Waals surface area contributed by atoms with Crippen LogP contribution in [0.1, 0.15) is 22.1 Å². The van der Waals surface area contributed by atoms with E-state index in [1.165, 1.54) is 35.9 Å². The van der Waals surface area contributed by atoms with Crippen LogP contribution in [-0.2, 0) is 0 Å². The molecule has 0 saturated heterocycles. The Morgan fingerprint density at radius 3 is 2.61 bits per heavy atom. The van der Waals surface area contributed by atoms with E-state index in [1.54, 1.807) is 12.1 Å². The van der Waals surface area contributed by atoms with Crippen molar-refractivity contribution < 1.29 is 9.59 Å². The zero-order valence-corrected chi connectivity index (χ0v) is 14.5. The maximum absolute atomic E-state index is 12.2. The normalized spacial score (nSPS) is 10.9. The van der Waals surface area contributed by atoms with Crippen molar-refractivity contribution in [2.45, 2.75) is 11.9 Å². The summed E-state index contributed by atoms with van der Waals surface area (Å²) in [4.78, 5) is 36.2. The lowest BCUT2D eigenvalue weighted by atomic mass is 10.2. The van der Waals surface area contributed by atoms with Crippen LogP contribution in [0.3, 0.4) is 0 Å². The van der Waals surface area contributed by atoms with Gasteiger partial charge in [0.05, 0.1) is 5.75 Å². The number of carbonyl (C=O) groups is 2. The minimum absolute atomic E-state index is 0.000243. The topological polar surface area (TPSA) is 77.7 Å². The van der Waals surface area contributed by atoms with Gasteiger partial charge in [0.2, 0.25) is 5.91 Å². The Kier molecular flexibility index (Phi) is 4.53. The summed E-state index contributed by atoms with van der Waals surface area (Å²) in [6.07, 6.45) is 2.79. The molecular weight excluding hydrogens is 380 g/mol. The van der Waals surface area contributed by atoms with E-state index in [2.05, 4.69) is 30.9 Å². The summed E-state index contributed by atoms with van der Waals surface area (Å²) in [6, 6.07) is 7.20. The van der Waals surface area contributed by atoms with E-state index in [0.717, 1.165) is 4.47 Å².